The average Bonchev–Trinajstić information content (AvgIpc) is 3.88. The zero-order chi connectivity index (χ0) is 42.9. The second-order valence-electron chi connectivity index (χ2n) is 19.2. The van der Waals surface area contributed by atoms with Gasteiger partial charge in [-0.25, -0.2) is 0 Å². The molecule has 0 unspecified atom stereocenters. The SMILES string of the molecule is CC1(C)c2ccccc2-c2ccc(-c3ccc4c(c3)C(C)(C)c3cc(-c5ccc(-c6ccc(-c7ccc(-c8ccc9c%10c(cccc8%10)-c8ccccc8-9)cc7)cc6)cc5)ccc3-4)cc21. The Balaban J connectivity index is 0.735. The van der Waals surface area contributed by atoms with Gasteiger partial charge in [0.15, 0.2) is 0 Å². The monoisotopic (exact) mass is 814 g/mol. The highest BCUT2D eigenvalue weighted by atomic mass is 14.4. The molecule has 0 spiro atoms. The molecule has 0 heterocycles. The highest BCUT2D eigenvalue weighted by Crippen LogP contribution is 2.53. The maximum Gasteiger partial charge on any atom is 0.0159 e. The standard InChI is InChI=1S/C64H46/c1-63(2)58-15-8-7-12-51(58)52-32-29-46(37-59(52)63)47-30-33-54-53-31-28-45(36-60(53)64(3,4)61(54)38-47)43-22-20-41(21-23-43)39-16-18-40(19-17-39)42-24-26-44(27-25-42)48-34-35-57-50-11-6-5-10-49(50)56-14-9-13-55(48)62(56)57/h5-38H,1-4H3. The van der Waals surface area contributed by atoms with E-state index in [4.69, 9.17) is 0 Å². The number of fused-ring (bicyclic) bond motifs is 9. The average molecular weight is 815 g/mol. The largest absolute Gasteiger partial charge is 0.0619 e. The van der Waals surface area contributed by atoms with Crippen LogP contribution in [0.1, 0.15) is 49.9 Å². The lowest BCUT2D eigenvalue weighted by molar-refractivity contribution is 0.659. The summed E-state index contributed by atoms with van der Waals surface area (Å²) in [6.45, 7) is 9.51. The van der Waals surface area contributed by atoms with Crippen LogP contribution in [0.2, 0.25) is 0 Å². The molecular weight excluding hydrogens is 769 g/mol. The fourth-order valence-electron chi connectivity index (χ4n) is 11.6. The Morgan fingerprint density at radius 2 is 0.531 bits per heavy atom. The third-order valence-corrected chi connectivity index (χ3v) is 15.1. The number of hydrogen-bond acceptors (Lipinski definition) is 0. The third kappa shape index (κ3) is 5.36. The molecule has 0 fully saturated rings. The first-order valence-corrected chi connectivity index (χ1v) is 22.7. The van der Waals surface area contributed by atoms with E-state index in [1.807, 2.05) is 0 Å². The Kier molecular flexibility index (Phi) is 7.80. The second-order valence-corrected chi connectivity index (χ2v) is 19.2. The van der Waals surface area contributed by atoms with Crippen molar-refractivity contribution in [1.29, 1.82) is 0 Å². The van der Waals surface area contributed by atoms with Crippen molar-refractivity contribution in [3.8, 4) is 100 Å². The zero-order valence-electron chi connectivity index (χ0n) is 36.6. The van der Waals surface area contributed by atoms with Crippen LogP contribution in [0.5, 0.6) is 0 Å². The van der Waals surface area contributed by atoms with Gasteiger partial charge in [-0.3, -0.25) is 0 Å². The maximum absolute atomic E-state index is 2.45. The van der Waals surface area contributed by atoms with Crippen molar-refractivity contribution >= 4 is 10.8 Å². The van der Waals surface area contributed by atoms with E-state index < -0.39 is 0 Å². The summed E-state index contributed by atoms with van der Waals surface area (Å²) in [5, 5.41) is 2.68. The molecule has 0 saturated heterocycles. The van der Waals surface area contributed by atoms with Crippen LogP contribution in [0.4, 0.5) is 0 Å². The smallest absolute Gasteiger partial charge is 0.0159 e. The molecule has 0 aromatic heterocycles. The van der Waals surface area contributed by atoms with Gasteiger partial charge in [-0.15, -0.1) is 0 Å². The Labute approximate surface area is 376 Å². The van der Waals surface area contributed by atoms with E-state index in [2.05, 4.69) is 234 Å². The van der Waals surface area contributed by atoms with Gasteiger partial charge in [-0.05, 0) is 151 Å². The van der Waals surface area contributed by atoms with Crippen LogP contribution >= 0.6 is 0 Å². The molecule has 0 atom stereocenters. The number of hydrogen-bond donors (Lipinski definition) is 0. The maximum atomic E-state index is 2.45. The summed E-state index contributed by atoms with van der Waals surface area (Å²) in [6, 6.07) is 77.5. The minimum atomic E-state index is -0.116. The molecule has 0 saturated carbocycles. The van der Waals surface area contributed by atoms with Crippen LogP contribution < -0.4 is 0 Å². The van der Waals surface area contributed by atoms with Gasteiger partial charge >= 0.3 is 0 Å². The zero-order valence-corrected chi connectivity index (χ0v) is 36.6. The van der Waals surface area contributed by atoms with Gasteiger partial charge in [0.25, 0.3) is 0 Å². The second kappa shape index (κ2) is 13.5. The molecule has 0 nitrogen and oxygen atoms in total. The molecule has 302 valence electrons. The van der Waals surface area contributed by atoms with E-state index in [0.717, 1.165) is 0 Å². The van der Waals surface area contributed by atoms with Gasteiger partial charge in [0.2, 0.25) is 0 Å². The number of benzene rings is 10. The molecule has 3 aliphatic rings. The van der Waals surface area contributed by atoms with Gasteiger partial charge in [-0.1, -0.05) is 216 Å². The summed E-state index contributed by atoms with van der Waals surface area (Å²) >= 11 is 0. The number of rotatable bonds is 5. The fraction of sp³-hybridized carbons (Fsp3) is 0.0938. The molecule has 10 aromatic rings. The van der Waals surface area contributed by atoms with Gasteiger partial charge in [0.1, 0.15) is 0 Å². The highest BCUT2D eigenvalue weighted by molar-refractivity contribution is 6.18. The van der Waals surface area contributed by atoms with E-state index in [-0.39, 0.29) is 10.8 Å². The minimum absolute atomic E-state index is 0.0166. The topological polar surface area (TPSA) is 0 Å². The van der Waals surface area contributed by atoms with Crippen molar-refractivity contribution in [3.63, 3.8) is 0 Å². The summed E-state index contributed by atoms with van der Waals surface area (Å²) in [6.07, 6.45) is 0. The van der Waals surface area contributed by atoms with E-state index in [1.165, 1.54) is 133 Å². The molecule has 3 aliphatic carbocycles. The minimum Gasteiger partial charge on any atom is -0.0619 e. The predicted octanol–water partition coefficient (Wildman–Crippen LogP) is 17.4. The van der Waals surface area contributed by atoms with E-state index in [9.17, 15) is 0 Å². The molecule has 10 aromatic carbocycles. The van der Waals surface area contributed by atoms with Gasteiger partial charge in [0, 0.05) is 10.8 Å². The van der Waals surface area contributed by atoms with Gasteiger partial charge in [0.05, 0.1) is 0 Å². The van der Waals surface area contributed by atoms with Crippen LogP contribution in [-0.2, 0) is 10.8 Å². The molecule has 0 N–H and O–H groups in total. The van der Waals surface area contributed by atoms with Gasteiger partial charge in [-0.2, -0.15) is 0 Å². The highest BCUT2D eigenvalue weighted by Gasteiger charge is 2.37. The van der Waals surface area contributed by atoms with E-state index in [0.29, 0.717) is 0 Å². The van der Waals surface area contributed by atoms with Crippen LogP contribution in [0.3, 0.4) is 0 Å². The van der Waals surface area contributed by atoms with Crippen LogP contribution in [-0.4, -0.2) is 0 Å². The fourth-order valence-corrected chi connectivity index (χ4v) is 11.6. The van der Waals surface area contributed by atoms with Crippen molar-refractivity contribution in [1.82, 2.24) is 0 Å². The summed E-state index contributed by atoms with van der Waals surface area (Å²) in [5.74, 6) is 0. The molecule has 0 amide bonds. The lowest BCUT2D eigenvalue weighted by Crippen LogP contribution is -2.15. The van der Waals surface area contributed by atoms with Crippen LogP contribution in [0.15, 0.2) is 206 Å². The van der Waals surface area contributed by atoms with Crippen molar-refractivity contribution < 1.29 is 0 Å². The van der Waals surface area contributed by atoms with Crippen molar-refractivity contribution in [2.24, 2.45) is 0 Å². The molecule has 0 heteroatoms. The van der Waals surface area contributed by atoms with Crippen molar-refractivity contribution in [3.05, 3.63) is 229 Å². The summed E-state index contributed by atoms with van der Waals surface area (Å²) in [5.41, 5.74) is 28.8. The third-order valence-electron chi connectivity index (χ3n) is 15.1. The summed E-state index contributed by atoms with van der Waals surface area (Å²) in [4.78, 5) is 0. The lowest BCUT2D eigenvalue weighted by Gasteiger charge is -2.23. The van der Waals surface area contributed by atoms with Crippen LogP contribution in [0.25, 0.3) is 111 Å². The van der Waals surface area contributed by atoms with Gasteiger partial charge < -0.3 is 0 Å². The predicted molar refractivity (Wildman–Crippen MR) is 271 cm³/mol. The first-order chi connectivity index (χ1) is 31.2. The Bertz CT molecular complexity index is 3530. The quantitative estimate of drug-likeness (QED) is 0.162. The van der Waals surface area contributed by atoms with Crippen LogP contribution in [0, 0.1) is 0 Å². The molecule has 0 radical (unpaired) electrons. The molecule has 13 rings (SSSR count). The van der Waals surface area contributed by atoms with E-state index in [1.54, 1.807) is 0 Å². The molecular formula is C64H46. The molecule has 0 bridgehead atoms. The summed E-state index contributed by atoms with van der Waals surface area (Å²) < 4.78 is 0. The van der Waals surface area contributed by atoms with Crippen molar-refractivity contribution in [2.75, 3.05) is 0 Å². The lowest BCUT2D eigenvalue weighted by atomic mass is 9.80. The molecule has 0 aliphatic heterocycles. The van der Waals surface area contributed by atoms with Crippen molar-refractivity contribution in [2.45, 2.75) is 38.5 Å². The Morgan fingerprint density at radius 3 is 1.03 bits per heavy atom. The molecule has 64 heavy (non-hydrogen) atoms. The Hall–Kier alpha value is -7.54. The Morgan fingerprint density at radius 1 is 0.219 bits per heavy atom. The first-order valence-electron chi connectivity index (χ1n) is 22.7. The first kappa shape index (κ1) is 37.1. The normalized spacial score (nSPS) is 14.2. The summed E-state index contributed by atoms with van der Waals surface area (Å²) in [7, 11) is 0. The van der Waals surface area contributed by atoms with E-state index >= 15 is 0 Å².